The Labute approximate surface area is 249 Å². The molecule has 0 spiro atoms. The van der Waals surface area contributed by atoms with Crippen LogP contribution in [0.25, 0.3) is 0 Å². The first-order chi connectivity index (χ1) is 20.4. The van der Waals surface area contributed by atoms with Crippen LogP contribution in [0.15, 0.2) is 127 Å². The van der Waals surface area contributed by atoms with Crippen molar-refractivity contribution in [2.24, 2.45) is 0 Å². The van der Waals surface area contributed by atoms with Gasteiger partial charge in [0.2, 0.25) is 0 Å². The molecule has 0 unspecified atom stereocenters. The van der Waals surface area contributed by atoms with Crippen LogP contribution in [-0.2, 0) is 25.2 Å². The minimum atomic E-state index is -0.163. The fourth-order valence-corrected chi connectivity index (χ4v) is 4.79. The van der Waals surface area contributed by atoms with Crippen LogP contribution >= 0.6 is 0 Å². The van der Waals surface area contributed by atoms with Crippen LogP contribution < -0.4 is 14.2 Å². The Balaban J connectivity index is 1.14. The van der Waals surface area contributed by atoms with Gasteiger partial charge in [-0.3, -0.25) is 0 Å². The average molecular weight is 556 g/mol. The van der Waals surface area contributed by atoms with E-state index < -0.39 is 0 Å². The lowest BCUT2D eigenvalue weighted by Gasteiger charge is -2.26. The van der Waals surface area contributed by atoms with E-state index in [0.29, 0.717) is 25.5 Å². The van der Waals surface area contributed by atoms with Gasteiger partial charge in [-0.05, 0) is 94.9 Å². The van der Waals surface area contributed by atoms with Crippen molar-refractivity contribution in [2.45, 2.75) is 46.0 Å². The molecule has 5 rings (SSSR count). The normalized spacial score (nSPS) is 11.1. The molecule has 0 aliphatic carbocycles. The summed E-state index contributed by atoms with van der Waals surface area (Å²) >= 11 is 0. The standard InChI is InChI=1S/C38H37NO3/c1-28(39)32-12-18-35(19-13-32)41-26-30-10-7-11-31(24-30)27-42-37-22-16-34(17-23-37)38(2,3)33-14-20-36(21-15-33)40-25-29-8-5-4-6-9-29/h4-24,39H,25-27H2,1-3H3. The van der Waals surface area contributed by atoms with Crippen LogP contribution in [-0.4, -0.2) is 5.71 Å². The Hall–Kier alpha value is -4.83. The zero-order valence-corrected chi connectivity index (χ0v) is 24.5. The first kappa shape index (κ1) is 28.7. The maximum Gasteiger partial charge on any atom is 0.119 e. The van der Waals surface area contributed by atoms with Gasteiger partial charge < -0.3 is 19.6 Å². The van der Waals surface area contributed by atoms with Gasteiger partial charge in [0.25, 0.3) is 0 Å². The second-order valence-electron chi connectivity index (χ2n) is 11.0. The Bertz CT molecular complexity index is 1590. The van der Waals surface area contributed by atoms with E-state index in [4.69, 9.17) is 19.6 Å². The van der Waals surface area contributed by atoms with E-state index in [2.05, 4.69) is 68.4 Å². The van der Waals surface area contributed by atoms with Crippen molar-refractivity contribution >= 4 is 5.71 Å². The Morgan fingerprint density at radius 2 is 0.929 bits per heavy atom. The molecule has 4 nitrogen and oxygen atoms in total. The largest absolute Gasteiger partial charge is 0.489 e. The van der Waals surface area contributed by atoms with Gasteiger partial charge in [0.15, 0.2) is 0 Å². The molecule has 0 fully saturated rings. The van der Waals surface area contributed by atoms with Gasteiger partial charge in [-0.15, -0.1) is 0 Å². The minimum Gasteiger partial charge on any atom is -0.489 e. The summed E-state index contributed by atoms with van der Waals surface area (Å²) in [5.74, 6) is 2.49. The third-order valence-corrected chi connectivity index (χ3v) is 7.49. The number of nitrogens with one attached hydrogen (secondary N) is 1. The van der Waals surface area contributed by atoms with Crippen molar-refractivity contribution in [3.63, 3.8) is 0 Å². The Morgan fingerprint density at radius 1 is 0.524 bits per heavy atom. The highest BCUT2D eigenvalue weighted by Gasteiger charge is 2.23. The maximum atomic E-state index is 7.72. The van der Waals surface area contributed by atoms with Gasteiger partial charge in [0.1, 0.15) is 37.1 Å². The van der Waals surface area contributed by atoms with Crippen molar-refractivity contribution in [1.82, 2.24) is 0 Å². The summed E-state index contributed by atoms with van der Waals surface area (Å²) in [4.78, 5) is 0. The number of hydrogen-bond donors (Lipinski definition) is 1. The van der Waals surface area contributed by atoms with Gasteiger partial charge in [-0.25, -0.2) is 0 Å². The molecular formula is C38H37NO3. The van der Waals surface area contributed by atoms with Gasteiger partial charge >= 0.3 is 0 Å². The maximum absolute atomic E-state index is 7.72. The molecule has 5 aromatic carbocycles. The van der Waals surface area contributed by atoms with E-state index >= 15 is 0 Å². The van der Waals surface area contributed by atoms with Gasteiger partial charge in [0, 0.05) is 11.1 Å². The van der Waals surface area contributed by atoms with Crippen LogP contribution in [0.1, 0.15) is 54.2 Å². The average Bonchev–Trinajstić information content (AvgIpc) is 3.03. The van der Waals surface area contributed by atoms with Gasteiger partial charge in [-0.2, -0.15) is 0 Å². The highest BCUT2D eigenvalue weighted by molar-refractivity contribution is 5.96. The predicted octanol–water partition coefficient (Wildman–Crippen LogP) is 9.14. The summed E-state index contributed by atoms with van der Waals surface area (Å²) in [6.45, 7) is 7.76. The second-order valence-corrected chi connectivity index (χ2v) is 11.0. The Kier molecular flexibility index (Phi) is 9.03. The minimum absolute atomic E-state index is 0.163. The van der Waals surface area contributed by atoms with Gasteiger partial charge in [0.05, 0.1) is 0 Å². The van der Waals surface area contributed by atoms with E-state index in [1.165, 1.54) is 11.1 Å². The quantitative estimate of drug-likeness (QED) is 0.156. The lowest BCUT2D eigenvalue weighted by molar-refractivity contribution is 0.300. The summed E-state index contributed by atoms with van der Waals surface area (Å²) in [5.41, 5.74) is 7.05. The van der Waals surface area contributed by atoms with Crippen LogP contribution in [0, 0.1) is 5.41 Å². The highest BCUT2D eigenvalue weighted by Crippen LogP contribution is 2.33. The van der Waals surface area contributed by atoms with E-state index in [1.807, 2.05) is 72.8 Å². The number of hydrogen-bond acceptors (Lipinski definition) is 4. The number of ether oxygens (including phenoxy) is 3. The van der Waals surface area contributed by atoms with Crippen molar-refractivity contribution in [2.75, 3.05) is 0 Å². The molecular weight excluding hydrogens is 518 g/mol. The van der Waals surface area contributed by atoms with E-state index in [1.54, 1.807) is 6.92 Å². The molecule has 42 heavy (non-hydrogen) atoms. The number of rotatable bonds is 12. The monoisotopic (exact) mass is 555 g/mol. The smallest absolute Gasteiger partial charge is 0.119 e. The van der Waals surface area contributed by atoms with Crippen LogP contribution in [0.3, 0.4) is 0 Å². The molecule has 212 valence electrons. The second kappa shape index (κ2) is 13.2. The zero-order valence-electron chi connectivity index (χ0n) is 24.5. The van der Waals surface area contributed by atoms with Crippen molar-refractivity contribution < 1.29 is 14.2 Å². The molecule has 0 aliphatic heterocycles. The predicted molar refractivity (Wildman–Crippen MR) is 170 cm³/mol. The van der Waals surface area contributed by atoms with Crippen molar-refractivity contribution in [3.05, 3.63) is 161 Å². The third kappa shape index (κ3) is 7.46. The van der Waals surface area contributed by atoms with Crippen molar-refractivity contribution in [1.29, 1.82) is 5.41 Å². The summed E-state index contributed by atoms with van der Waals surface area (Å²) in [7, 11) is 0. The lowest BCUT2D eigenvalue weighted by atomic mass is 9.78. The molecule has 0 radical (unpaired) electrons. The third-order valence-electron chi connectivity index (χ3n) is 7.49. The molecule has 0 saturated carbocycles. The SMILES string of the molecule is CC(=N)c1ccc(OCc2cccc(COc3ccc(C(C)(C)c4ccc(OCc5ccccc5)cc4)cc3)c2)cc1. The topological polar surface area (TPSA) is 51.5 Å². The molecule has 5 aromatic rings. The summed E-state index contributed by atoms with van der Waals surface area (Å²) < 4.78 is 18.0. The van der Waals surface area contributed by atoms with E-state index in [-0.39, 0.29) is 5.41 Å². The molecule has 4 heteroatoms. The van der Waals surface area contributed by atoms with E-state index in [9.17, 15) is 0 Å². The fraction of sp³-hybridized carbons (Fsp3) is 0.184. The van der Waals surface area contributed by atoms with Crippen LogP contribution in [0.5, 0.6) is 17.2 Å². The van der Waals surface area contributed by atoms with Crippen LogP contribution in [0.4, 0.5) is 0 Å². The first-order valence-corrected chi connectivity index (χ1v) is 14.2. The first-order valence-electron chi connectivity index (χ1n) is 14.2. The summed E-state index contributed by atoms with van der Waals surface area (Å²) in [6, 6.07) is 42.9. The lowest BCUT2D eigenvalue weighted by Crippen LogP contribution is -2.18. The zero-order chi connectivity index (χ0) is 29.4. The molecule has 0 amide bonds. The fourth-order valence-electron chi connectivity index (χ4n) is 4.79. The molecule has 0 atom stereocenters. The van der Waals surface area contributed by atoms with Crippen molar-refractivity contribution in [3.8, 4) is 17.2 Å². The van der Waals surface area contributed by atoms with Gasteiger partial charge in [-0.1, -0.05) is 86.6 Å². The molecule has 0 aromatic heterocycles. The summed E-state index contributed by atoms with van der Waals surface area (Å²) in [5, 5.41) is 7.72. The molecule has 0 aliphatic rings. The molecule has 0 saturated heterocycles. The highest BCUT2D eigenvalue weighted by atomic mass is 16.5. The van der Waals surface area contributed by atoms with E-state index in [0.717, 1.165) is 39.5 Å². The molecule has 0 heterocycles. The molecule has 1 N–H and O–H groups in total. The Morgan fingerprint density at radius 3 is 1.38 bits per heavy atom. The number of benzene rings is 5. The van der Waals surface area contributed by atoms with Crippen LogP contribution in [0.2, 0.25) is 0 Å². The summed E-state index contributed by atoms with van der Waals surface area (Å²) in [6.07, 6.45) is 0. The molecule has 0 bridgehead atoms.